The van der Waals surface area contributed by atoms with Crippen molar-refractivity contribution in [3.05, 3.63) is 71.4 Å². The van der Waals surface area contributed by atoms with E-state index >= 15 is 0 Å². The van der Waals surface area contributed by atoms with Gasteiger partial charge in [-0.3, -0.25) is 10.3 Å². The number of halogens is 1. The normalized spacial score (nSPS) is 19.5. The lowest BCUT2D eigenvalue weighted by atomic mass is 9.93. The van der Waals surface area contributed by atoms with Gasteiger partial charge in [-0.2, -0.15) is 5.26 Å². The first kappa shape index (κ1) is 24.5. The van der Waals surface area contributed by atoms with Crippen molar-refractivity contribution in [2.45, 2.75) is 38.5 Å². The molecule has 1 aliphatic carbocycles. The van der Waals surface area contributed by atoms with Crippen molar-refractivity contribution in [2.75, 3.05) is 33.3 Å². The van der Waals surface area contributed by atoms with Crippen LogP contribution in [0.3, 0.4) is 0 Å². The van der Waals surface area contributed by atoms with Crippen LogP contribution in [-0.2, 0) is 11.2 Å². The Kier molecular flexibility index (Phi) is 9.99. The summed E-state index contributed by atoms with van der Waals surface area (Å²) < 4.78 is 18.4. The number of nitrogens with one attached hydrogen (secondary N) is 2. The zero-order valence-corrected chi connectivity index (χ0v) is 19.4. The number of allylic oxidation sites excluding steroid dienone is 4. The van der Waals surface area contributed by atoms with Crippen molar-refractivity contribution in [1.82, 2.24) is 15.5 Å². The molecule has 1 saturated heterocycles. The smallest absolute Gasteiger partial charge is 0.208 e. The van der Waals surface area contributed by atoms with E-state index in [9.17, 15) is 4.39 Å². The van der Waals surface area contributed by atoms with Crippen LogP contribution < -0.4 is 10.6 Å². The van der Waals surface area contributed by atoms with Gasteiger partial charge in [0.1, 0.15) is 11.6 Å². The van der Waals surface area contributed by atoms with E-state index in [1.807, 2.05) is 42.6 Å². The number of guanidine groups is 1. The number of ether oxygens (including phenoxy) is 1. The number of hydrogen-bond donors (Lipinski definition) is 2. The number of nitrogens with zero attached hydrogens (tertiary/aromatic N) is 3. The molecule has 33 heavy (non-hydrogen) atoms. The molecular formula is C26H34FN5O. The molecule has 0 radical (unpaired) electrons. The van der Waals surface area contributed by atoms with Crippen molar-refractivity contribution < 1.29 is 9.13 Å². The van der Waals surface area contributed by atoms with Gasteiger partial charge >= 0.3 is 0 Å². The van der Waals surface area contributed by atoms with Gasteiger partial charge in [0.2, 0.25) is 5.96 Å². The van der Waals surface area contributed by atoms with Crippen LogP contribution in [0.4, 0.5) is 4.39 Å². The highest BCUT2D eigenvalue weighted by atomic mass is 19.1. The second-order valence-electron chi connectivity index (χ2n) is 8.49. The molecule has 2 N–H and O–H groups in total. The quantitative estimate of drug-likeness (QED) is 0.203. The van der Waals surface area contributed by atoms with Crippen LogP contribution in [0.5, 0.6) is 0 Å². The number of methoxy groups -OCH3 is 1. The Hall–Kier alpha value is -3.11. The van der Waals surface area contributed by atoms with E-state index in [-0.39, 0.29) is 5.82 Å². The van der Waals surface area contributed by atoms with Gasteiger partial charge in [-0.1, -0.05) is 24.3 Å². The van der Waals surface area contributed by atoms with Crippen molar-refractivity contribution in [2.24, 2.45) is 10.9 Å². The van der Waals surface area contributed by atoms with Gasteiger partial charge in [-0.25, -0.2) is 4.39 Å². The summed E-state index contributed by atoms with van der Waals surface area (Å²) in [6, 6.07) is 6.92. The Balaban J connectivity index is 1.43. The molecule has 2 aliphatic rings. The molecule has 1 atom stereocenters. The van der Waals surface area contributed by atoms with E-state index in [1.54, 1.807) is 19.2 Å². The van der Waals surface area contributed by atoms with Crippen molar-refractivity contribution in [3.8, 4) is 6.19 Å². The summed E-state index contributed by atoms with van der Waals surface area (Å²) in [5.74, 6) is 1.70. The predicted molar refractivity (Wildman–Crippen MR) is 130 cm³/mol. The number of hydrogen-bond acceptors (Lipinski definition) is 4. The molecule has 1 fully saturated rings. The number of rotatable bonds is 8. The third kappa shape index (κ3) is 8.74. The Morgan fingerprint density at radius 3 is 2.91 bits per heavy atom. The average Bonchev–Trinajstić information content (AvgIpc) is 3.19. The van der Waals surface area contributed by atoms with Gasteiger partial charge in [-0.05, 0) is 87.5 Å². The monoisotopic (exact) mass is 451 g/mol. The van der Waals surface area contributed by atoms with Crippen molar-refractivity contribution in [1.29, 1.82) is 5.26 Å². The van der Waals surface area contributed by atoms with Crippen LogP contribution in [-0.4, -0.2) is 44.1 Å². The van der Waals surface area contributed by atoms with Crippen LogP contribution >= 0.6 is 0 Å². The summed E-state index contributed by atoms with van der Waals surface area (Å²) in [6.45, 7) is 3.83. The molecule has 3 rings (SSSR count). The van der Waals surface area contributed by atoms with Crippen molar-refractivity contribution in [3.63, 3.8) is 0 Å². The first-order chi connectivity index (χ1) is 16.2. The Morgan fingerprint density at radius 2 is 2.12 bits per heavy atom. The molecule has 176 valence electrons. The summed E-state index contributed by atoms with van der Waals surface area (Å²) in [6.07, 6.45) is 16.0. The lowest BCUT2D eigenvalue weighted by molar-refractivity contribution is 0.279. The Morgan fingerprint density at radius 1 is 1.27 bits per heavy atom. The molecule has 7 heteroatoms. The van der Waals surface area contributed by atoms with E-state index in [0.717, 1.165) is 43.9 Å². The molecule has 1 heterocycles. The van der Waals surface area contributed by atoms with E-state index < -0.39 is 0 Å². The van der Waals surface area contributed by atoms with Gasteiger partial charge in [0.25, 0.3) is 0 Å². The van der Waals surface area contributed by atoms with E-state index in [1.165, 1.54) is 24.8 Å². The molecule has 0 amide bonds. The van der Waals surface area contributed by atoms with E-state index in [2.05, 4.69) is 20.5 Å². The van der Waals surface area contributed by atoms with Crippen LogP contribution in [0.2, 0.25) is 0 Å². The van der Waals surface area contributed by atoms with Gasteiger partial charge in [-0.15, -0.1) is 0 Å². The summed E-state index contributed by atoms with van der Waals surface area (Å²) in [7, 11) is 1.63. The summed E-state index contributed by atoms with van der Waals surface area (Å²) in [5, 5.41) is 14.9. The minimum absolute atomic E-state index is 0.170. The third-order valence-electron chi connectivity index (χ3n) is 6.02. The molecular weight excluding hydrogens is 417 g/mol. The number of likely N-dealkylation sites (tertiary alicyclic amines) is 1. The Bertz CT molecular complexity index is 914. The fraction of sp³-hybridized carbons (Fsp3) is 0.462. The lowest BCUT2D eigenvalue weighted by Crippen LogP contribution is -2.34. The fourth-order valence-electron chi connectivity index (χ4n) is 4.26. The molecule has 1 aromatic carbocycles. The topological polar surface area (TPSA) is 72.7 Å². The van der Waals surface area contributed by atoms with Gasteiger partial charge in [0.05, 0.1) is 7.11 Å². The average molecular weight is 452 g/mol. The maximum Gasteiger partial charge on any atom is 0.208 e. The van der Waals surface area contributed by atoms with Crippen LogP contribution in [0, 0.1) is 23.2 Å². The largest absolute Gasteiger partial charge is 0.497 e. The molecule has 1 aromatic rings. The molecule has 0 saturated carbocycles. The maximum absolute atomic E-state index is 13.1. The minimum Gasteiger partial charge on any atom is -0.497 e. The highest BCUT2D eigenvalue weighted by Gasteiger charge is 2.17. The summed E-state index contributed by atoms with van der Waals surface area (Å²) >= 11 is 0. The highest BCUT2D eigenvalue weighted by Crippen LogP contribution is 2.22. The van der Waals surface area contributed by atoms with Crippen LogP contribution in [0.25, 0.3) is 0 Å². The molecule has 1 unspecified atom stereocenters. The van der Waals surface area contributed by atoms with Gasteiger partial charge in [0.15, 0.2) is 6.19 Å². The maximum atomic E-state index is 13.1. The van der Waals surface area contributed by atoms with Crippen molar-refractivity contribution >= 4 is 5.96 Å². The summed E-state index contributed by atoms with van der Waals surface area (Å²) in [4.78, 5) is 7.08. The molecule has 1 aliphatic heterocycles. The fourth-order valence-corrected chi connectivity index (χ4v) is 4.26. The number of benzene rings is 1. The van der Waals surface area contributed by atoms with Crippen LogP contribution in [0.15, 0.2) is 65.0 Å². The first-order valence-electron chi connectivity index (χ1n) is 11.7. The molecule has 0 aromatic heterocycles. The zero-order chi connectivity index (χ0) is 23.3. The lowest BCUT2D eigenvalue weighted by Gasteiger charge is -2.20. The molecule has 0 bridgehead atoms. The SMILES string of the molecule is COC1=CC=CCC(NC(=NCCCN2CCCC(Cc3ccc(F)cc3)CC2)NC#N)=C1. The minimum atomic E-state index is -0.170. The van der Waals surface area contributed by atoms with E-state index in [4.69, 9.17) is 10.00 Å². The Labute approximate surface area is 196 Å². The van der Waals surface area contributed by atoms with E-state index in [0.29, 0.717) is 24.8 Å². The third-order valence-corrected chi connectivity index (χ3v) is 6.02. The molecule has 0 spiro atoms. The second-order valence-corrected chi connectivity index (χ2v) is 8.49. The van der Waals surface area contributed by atoms with Gasteiger partial charge < -0.3 is 15.0 Å². The number of nitriles is 1. The predicted octanol–water partition coefficient (Wildman–Crippen LogP) is 4.25. The second kappa shape index (κ2) is 13.4. The number of aliphatic imine (C=N–C) groups is 1. The standard InChI is InChI=1S/C26H34FN5O/c1-33-25-8-3-2-7-24(19-25)31-26(30-20-28)29-14-5-16-32-15-4-6-21(13-17-32)18-22-9-11-23(27)12-10-22/h2-3,8-12,19,21H,4-7,13-18H2,1H3,(H2,29,30,31). The van der Waals surface area contributed by atoms with Crippen LogP contribution in [0.1, 0.15) is 37.7 Å². The van der Waals surface area contributed by atoms with Gasteiger partial charge in [0, 0.05) is 18.7 Å². The highest BCUT2D eigenvalue weighted by molar-refractivity contribution is 5.82. The summed E-state index contributed by atoms with van der Waals surface area (Å²) in [5.41, 5.74) is 2.14. The first-order valence-corrected chi connectivity index (χ1v) is 11.7. The zero-order valence-electron chi connectivity index (χ0n) is 19.4. The molecule has 6 nitrogen and oxygen atoms in total.